The molecule has 33 heavy (non-hydrogen) atoms. The minimum Gasteiger partial charge on any atom is -0.342 e. The van der Waals surface area contributed by atoms with Crippen LogP contribution >= 0.6 is 0 Å². The van der Waals surface area contributed by atoms with E-state index in [1.54, 1.807) is 23.1 Å². The van der Waals surface area contributed by atoms with Crippen molar-refractivity contribution in [2.24, 2.45) is 17.8 Å². The molecule has 1 aromatic rings. The minimum atomic E-state index is -3.62. The van der Waals surface area contributed by atoms with Crippen molar-refractivity contribution in [2.75, 3.05) is 24.5 Å². The van der Waals surface area contributed by atoms with Crippen LogP contribution in [0.4, 0.5) is 5.69 Å². The summed E-state index contributed by atoms with van der Waals surface area (Å²) in [5, 5.41) is 0. The number of hydrogen-bond donors (Lipinski definition) is 1. The van der Waals surface area contributed by atoms with Gasteiger partial charge in [0.25, 0.3) is 0 Å². The summed E-state index contributed by atoms with van der Waals surface area (Å²) in [4.78, 5) is 28.8. The summed E-state index contributed by atoms with van der Waals surface area (Å²) in [6.07, 6.45) is 6.38. The Morgan fingerprint density at radius 2 is 1.82 bits per heavy atom. The molecule has 2 heterocycles. The maximum atomic E-state index is 12.9. The minimum absolute atomic E-state index is 0.0288. The van der Waals surface area contributed by atoms with E-state index < -0.39 is 10.0 Å². The first-order valence-electron chi connectivity index (χ1n) is 12.4. The SMILES string of the molecule is CC(=O)N1c2ccc(S(=O)(=O)NCC3CCC(C(=O)N4CCC[C@H](C)C4)CC3)cc2C[C@@H]1C. The predicted octanol–water partition coefficient (Wildman–Crippen LogP) is 3.33. The van der Waals surface area contributed by atoms with Crippen LogP contribution in [-0.2, 0) is 26.0 Å². The largest absolute Gasteiger partial charge is 0.342 e. The highest BCUT2D eigenvalue weighted by molar-refractivity contribution is 7.89. The van der Waals surface area contributed by atoms with Crippen molar-refractivity contribution in [3.8, 4) is 0 Å². The smallest absolute Gasteiger partial charge is 0.240 e. The van der Waals surface area contributed by atoms with Crippen LogP contribution in [0.15, 0.2) is 23.1 Å². The van der Waals surface area contributed by atoms with Crippen LogP contribution in [0.3, 0.4) is 0 Å². The number of carbonyl (C=O) groups is 2. The van der Waals surface area contributed by atoms with Gasteiger partial charge in [0.2, 0.25) is 21.8 Å². The fourth-order valence-electron chi connectivity index (χ4n) is 5.83. The number of amides is 2. The molecule has 2 fully saturated rings. The third-order valence-corrected chi connectivity index (χ3v) is 9.06. The van der Waals surface area contributed by atoms with E-state index in [4.69, 9.17) is 0 Å². The van der Waals surface area contributed by atoms with Crippen molar-refractivity contribution in [1.29, 1.82) is 0 Å². The fraction of sp³-hybridized carbons (Fsp3) is 0.680. The highest BCUT2D eigenvalue weighted by Gasteiger charge is 2.33. The van der Waals surface area contributed by atoms with Gasteiger partial charge in [-0.3, -0.25) is 9.59 Å². The molecule has 2 aliphatic heterocycles. The van der Waals surface area contributed by atoms with Gasteiger partial charge in [-0.15, -0.1) is 0 Å². The molecule has 0 radical (unpaired) electrons. The molecule has 4 rings (SSSR count). The summed E-state index contributed by atoms with van der Waals surface area (Å²) in [7, 11) is -3.62. The Hall–Kier alpha value is -1.93. The lowest BCUT2D eigenvalue weighted by Gasteiger charge is -2.36. The maximum absolute atomic E-state index is 12.9. The molecule has 1 aromatic carbocycles. The summed E-state index contributed by atoms with van der Waals surface area (Å²) in [6.45, 7) is 7.88. The highest BCUT2D eigenvalue weighted by Crippen LogP contribution is 2.34. The molecular formula is C25H37N3O4S. The average molecular weight is 476 g/mol. The van der Waals surface area contributed by atoms with Gasteiger partial charge < -0.3 is 9.80 Å². The van der Waals surface area contributed by atoms with Crippen molar-refractivity contribution >= 4 is 27.5 Å². The number of anilines is 1. The van der Waals surface area contributed by atoms with Crippen molar-refractivity contribution in [1.82, 2.24) is 9.62 Å². The van der Waals surface area contributed by atoms with E-state index in [1.807, 2.05) is 11.8 Å². The molecule has 1 saturated carbocycles. The van der Waals surface area contributed by atoms with Crippen molar-refractivity contribution in [3.05, 3.63) is 23.8 Å². The van der Waals surface area contributed by atoms with Crippen LogP contribution in [-0.4, -0.2) is 50.8 Å². The molecule has 0 aromatic heterocycles. The van der Waals surface area contributed by atoms with Crippen LogP contribution < -0.4 is 9.62 Å². The first kappa shape index (κ1) is 24.2. The molecule has 0 unspecified atom stereocenters. The zero-order chi connectivity index (χ0) is 23.8. The first-order valence-corrected chi connectivity index (χ1v) is 13.8. The summed E-state index contributed by atoms with van der Waals surface area (Å²) in [5.41, 5.74) is 1.70. The quantitative estimate of drug-likeness (QED) is 0.708. The van der Waals surface area contributed by atoms with Gasteiger partial charge in [-0.25, -0.2) is 13.1 Å². The molecule has 1 aliphatic carbocycles. The Bertz CT molecular complexity index is 1000. The second-order valence-electron chi connectivity index (χ2n) is 10.3. The van der Waals surface area contributed by atoms with Crippen molar-refractivity contribution in [3.63, 3.8) is 0 Å². The third-order valence-electron chi connectivity index (χ3n) is 7.64. The van der Waals surface area contributed by atoms with Crippen LogP contribution in [0.25, 0.3) is 0 Å². The molecule has 0 spiro atoms. The van der Waals surface area contributed by atoms with Gasteiger partial charge in [-0.1, -0.05) is 6.92 Å². The lowest BCUT2D eigenvalue weighted by Crippen LogP contribution is -2.43. The monoisotopic (exact) mass is 475 g/mol. The maximum Gasteiger partial charge on any atom is 0.240 e. The number of benzene rings is 1. The number of hydrogen-bond acceptors (Lipinski definition) is 4. The molecule has 2 amide bonds. The second-order valence-corrected chi connectivity index (χ2v) is 12.1. The van der Waals surface area contributed by atoms with Gasteiger partial charge >= 0.3 is 0 Å². The molecule has 2 atom stereocenters. The molecule has 0 bridgehead atoms. The summed E-state index contributed by atoms with van der Waals surface area (Å²) in [6, 6.07) is 5.07. The second kappa shape index (κ2) is 9.74. The van der Waals surface area contributed by atoms with Crippen LogP contribution in [0.2, 0.25) is 0 Å². The predicted molar refractivity (Wildman–Crippen MR) is 128 cm³/mol. The van der Waals surface area contributed by atoms with E-state index in [9.17, 15) is 18.0 Å². The number of fused-ring (bicyclic) bond motifs is 1. The lowest BCUT2D eigenvalue weighted by molar-refractivity contribution is -0.138. The first-order chi connectivity index (χ1) is 15.7. The Kier molecular flexibility index (Phi) is 7.15. The van der Waals surface area contributed by atoms with Gasteiger partial charge in [0.05, 0.1) is 4.90 Å². The van der Waals surface area contributed by atoms with Crippen LogP contribution in [0.5, 0.6) is 0 Å². The molecule has 8 heteroatoms. The number of likely N-dealkylation sites (tertiary alicyclic amines) is 1. The lowest BCUT2D eigenvalue weighted by atomic mass is 9.81. The van der Waals surface area contributed by atoms with Crippen LogP contribution in [0.1, 0.15) is 64.9 Å². The van der Waals surface area contributed by atoms with Gasteiger partial charge in [-0.05, 0) is 87.5 Å². The van der Waals surface area contributed by atoms with E-state index in [0.717, 1.165) is 56.4 Å². The van der Waals surface area contributed by atoms with E-state index in [-0.39, 0.29) is 28.7 Å². The number of rotatable bonds is 5. The van der Waals surface area contributed by atoms with E-state index in [2.05, 4.69) is 11.6 Å². The average Bonchev–Trinajstić information content (AvgIpc) is 3.12. The number of sulfonamides is 1. The van der Waals surface area contributed by atoms with E-state index in [0.29, 0.717) is 24.8 Å². The number of piperidine rings is 1. The van der Waals surface area contributed by atoms with Gasteiger partial charge in [0.15, 0.2) is 0 Å². The van der Waals surface area contributed by atoms with Gasteiger partial charge in [-0.2, -0.15) is 0 Å². The number of nitrogens with zero attached hydrogens (tertiary/aromatic N) is 2. The Morgan fingerprint density at radius 1 is 1.09 bits per heavy atom. The van der Waals surface area contributed by atoms with Crippen LogP contribution in [0, 0.1) is 17.8 Å². The molecule has 7 nitrogen and oxygen atoms in total. The normalized spacial score (nSPS) is 28.0. The summed E-state index contributed by atoms with van der Waals surface area (Å²) >= 11 is 0. The highest BCUT2D eigenvalue weighted by atomic mass is 32.2. The molecule has 1 N–H and O–H groups in total. The molecule has 3 aliphatic rings. The van der Waals surface area contributed by atoms with Gasteiger partial charge in [0.1, 0.15) is 0 Å². The summed E-state index contributed by atoms with van der Waals surface area (Å²) < 4.78 is 28.6. The van der Waals surface area contributed by atoms with E-state index in [1.165, 1.54) is 13.3 Å². The Labute approximate surface area is 198 Å². The Balaban J connectivity index is 1.31. The Morgan fingerprint density at radius 3 is 2.48 bits per heavy atom. The molecule has 182 valence electrons. The summed E-state index contributed by atoms with van der Waals surface area (Å²) in [5.74, 6) is 1.20. The number of nitrogens with one attached hydrogen (secondary N) is 1. The van der Waals surface area contributed by atoms with Crippen molar-refractivity contribution < 1.29 is 18.0 Å². The topological polar surface area (TPSA) is 86.8 Å². The van der Waals surface area contributed by atoms with Gasteiger partial charge in [0, 0.05) is 44.2 Å². The molecular weight excluding hydrogens is 438 g/mol. The van der Waals surface area contributed by atoms with Crippen molar-refractivity contribution in [2.45, 2.75) is 76.7 Å². The molecule has 1 saturated heterocycles. The zero-order valence-electron chi connectivity index (χ0n) is 20.0. The standard InChI is InChI=1S/C25H37N3O4S/c1-17-5-4-12-27(16-17)25(30)21-8-6-20(7-9-21)15-26-33(31,32)23-10-11-24-22(14-23)13-18(2)28(24)19(3)29/h10-11,14,17-18,20-21,26H,4-9,12-13,15-16H2,1-3H3/t17-,18-,20?,21?/m0/s1. The fourth-order valence-corrected chi connectivity index (χ4v) is 6.99. The van der Waals surface area contributed by atoms with E-state index >= 15 is 0 Å². The third kappa shape index (κ3) is 5.27. The zero-order valence-corrected chi connectivity index (χ0v) is 20.9. The number of carbonyl (C=O) groups excluding carboxylic acids is 2.